The lowest BCUT2D eigenvalue weighted by Gasteiger charge is -2.13. The highest BCUT2D eigenvalue weighted by atomic mass is 19.4. The molecule has 0 spiro atoms. The molecule has 1 aromatic rings. The van der Waals surface area contributed by atoms with Crippen molar-refractivity contribution >= 4 is 5.97 Å². The first-order valence-corrected chi connectivity index (χ1v) is 5.00. The molecule has 18 heavy (non-hydrogen) atoms. The van der Waals surface area contributed by atoms with Crippen molar-refractivity contribution < 1.29 is 32.5 Å². The topological polar surface area (TPSA) is 55.8 Å². The Bertz CT molecular complexity index is 400. The van der Waals surface area contributed by atoms with Gasteiger partial charge in [0.2, 0.25) is 0 Å². The number of hydrogen-bond acceptors (Lipinski definition) is 3. The molecule has 0 amide bonds. The third-order valence-corrected chi connectivity index (χ3v) is 1.86. The zero-order chi connectivity index (χ0) is 13.8. The molecule has 1 N–H and O–H groups in total. The van der Waals surface area contributed by atoms with Crippen molar-refractivity contribution in [2.75, 3.05) is 0 Å². The standard InChI is InChI=1S/C11H11F3O4/c1-7(6-10(15)16)17-8-2-4-9(5-3-8)18-11(12,13)14/h2-5,7H,6H2,1H3,(H,15,16)/t7-/m0/s1. The van der Waals surface area contributed by atoms with Crippen molar-refractivity contribution in [1.82, 2.24) is 0 Å². The van der Waals surface area contributed by atoms with E-state index in [4.69, 9.17) is 9.84 Å². The lowest BCUT2D eigenvalue weighted by atomic mass is 10.3. The van der Waals surface area contributed by atoms with E-state index in [1.54, 1.807) is 6.92 Å². The minimum atomic E-state index is -4.74. The number of halogens is 3. The highest BCUT2D eigenvalue weighted by Crippen LogP contribution is 2.25. The highest BCUT2D eigenvalue weighted by molar-refractivity contribution is 5.67. The Kier molecular flexibility index (Phi) is 4.41. The van der Waals surface area contributed by atoms with Gasteiger partial charge in [0.1, 0.15) is 17.6 Å². The molecule has 0 heterocycles. The van der Waals surface area contributed by atoms with Crippen LogP contribution in [0.1, 0.15) is 13.3 Å². The van der Waals surface area contributed by atoms with E-state index in [1.165, 1.54) is 12.1 Å². The second-order valence-corrected chi connectivity index (χ2v) is 3.55. The number of benzene rings is 1. The van der Waals surface area contributed by atoms with Gasteiger partial charge in [-0.1, -0.05) is 0 Å². The summed E-state index contributed by atoms with van der Waals surface area (Å²) in [7, 11) is 0. The quantitative estimate of drug-likeness (QED) is 0.888. The van der Waals surface area contributed by atoms with Crippen LogP contribution in [0.25, 0.3) is 0 Å². The molecule has 0 aliphatic rings. The number of ether oxygens (including phenoxy) is 2. The molecule has 7 heteroatoms. The number of carboxylic acids is 1. The Labute approximate surface area is 101 Å². The summed E-state index contributed by atoms with van der Waals surface area (Å²) in [6, 6.07) is 4.74. The lowest BCUT2D eigenvalue weighted by Crippen LogP contribution is -2.17. The first-order chi connectivity index (χ1) is 8.26. The normalized spacial score (nSPS) is 12.9. The molecule has 0 radical (unpaired) electrons. The first-order valence-electron chi connectivity index (χ1n) is 5.00. The van der Waals surface area contributed by atoms with Gasteiger partial charge in [-0.05, 0) is 31.2 Å². The van der Waals surface area contributed by atoms with Gasteiger partial charge in [-0.2, -0.15) is 0 Å². The summed E-state index contributed by atoms with van der Waals surface area (Å²) < 4.78 is 44.5. The summed E-state index contributed by atoms with van der Waals surface area (Å²) in [5.41, 5.74) is 0. The molecule has 0 fully saturated rings. The monoisotopic (exact) mass is 264 g/mol. The Morgan fingerprint density at radius 2 is 1.78 bits per heavy atom. The van der Waals surface area contributed by atoms with E-state index in [-0.39, 0.29) is 17.9 Å². The van der Waals surface area contributed by atoms with E-state index in [0.717, 1.165) is 12.1 Å². The van der Waals surface area contributed by atoms with E-state index in [9.17, 15) is 18.0 Å². The Hall–Kier alpha value is -1.92. The summed E-state index contributed by atoms with van der Waals surface area (Å²) in [6.07, 6.45) is -5.50. The maximum atomic E-state index is 11.9. The Morgan fingerprint density at radius 3 is 2.22 bits per heavy atom. The molecule has 1 atom stereocenters. The average Bonchev–Trinajstić information content (AvgIpc) is 2.17. The number of rotatable bonds is 5. The maximum Gasteiger partial charge on any atom is 0.573 e. The van der Waals surface area contributed by atoms with Crippen LogP contribution in [0.4, 0.5) is 13.2 Å². The van der Waals surface area contributed by atoms with E-state index in [0.29, 0.717) is 0 Å². The van der Waals surface area contributed by atoms with E-state index in [2.05, 4.69) is 4.74 Å². The lowest BCUT2D eigenvalue weighted by molar-refractivity contribution is -0.274. The molecule has 0 saturated heterocycles. The molecule has 1 rings (SSSR count). The van der Waals surface area contributed by atoms with Crippen LogP contribution >= 0.6 is 0 Å². The molecule has 0 aromatic heterocycles. The molecular weight excluding hydrogens is 253 g/mol. The van der Waals surface area contributed by atoms with Gasteiger partial charge in [-0.25, -0.2) is 0 Å². The first kappa shape index (κ1) is 14.1. The number of carboxylic acid groups (broad SMARTS) is 1. The molecule has 0 unspecified atom stereocenters. The number of carbonyl (C=O) groups is 1. The minimum absolute atomic E-state index is 0.194. The van der Waals surface area contributed by atoms with Crippen molar-refractivity contribution in [3.63, 3.8) is 0 Å². The molecule has 0 bridgehead atoms. The number of aliphatic carboxylic acids is 1. The predicted molar refractivity (Wildman–Crippen MR) is 55.5 cm³/mol. The van der Waals surface area contributed by atoms with E-state index < -0.39 is 18.4 Å². The van der Waals surface area contributed by atoms with Crippen LogP contribution in [0.5, 0.6) is 11.5 Å². The highest BCUT2D eigenvalue weighted by Gasteiger charge is 2.30. The van der Waals surface area contributed by atoms with Gasteiger partial charge in [-0.3, -0.25) is 4.79 Å². The van der Waals surface area contributed by atoms with Crippen LogP contribution in [-0.2, 0) is 4.79 Å². The zero-order valence-corrected chi connectivity index (χ0v) is 9.40. The Balaban J connectivity index is 2.57. The summed E-state index contributed by atoms with van der Waals surface area (Å²) in [6.45, 7) is 1.55. The SMILES string of the molecule is C[C@@H](CC(=O)O)Oc1ccc(OC(F)(F)F)cc1. The second-order valence-electron chi connectivity index (χ2n) is 3.55. The minimum Gasteiger partial charge on any atom is -0.490 e. The van der Waals surface area contributed by atoms with Gasteiger partial charge in [-0.15, -0.1) is 13.2 Å². The third-order valence-electron chi connectivity index (χ3n) is 1.86. The fourth-order valence-electron chi connectivity index (χ4n) is 1.24. The number of hydrogen-bond donors (Lipinski definition) is 1. The van der Waals surface area contributed by atoms with Crippen LogP contribution in [0, 0.1) is 0 Å². The largest absolute Gasteiger partial charge is 0.573 e. The van der Waals surface area contributed by atoms with E-state index >= 15 is 0 Å². The average molecular weight is 264 g/mol. The van der Waals surface area contributed by atoms with Crippen LogP contribution in [0.2, 0.25) is 0 Å². The van der Waals surface area contributed by atoms with Crippen molar-refractivity contribution in [1.29, 1.82) is 0 Å². The smallest absolute Gasteiger partial charge is 0.490 e. The van der Waals surface area contributed by atoms with Gasteiger partial charge < -0.3 is 14.6 Å². The summed E-state index contributed by atoms with van der Waals surface area (Å²) in [5.74, 6) is -1.10. The van der Waals surface area contributed by atoms with Gasteiger partial charge in [0.05, 0.1) is 6.42 Å². The van der Waals surface area contributed by atoms with Crippen molar-refractivity contribution in [3.05, 3.63) is 24.3 Å². The predicted octanol–water partition coefficient (Wildman–Crippen LogP) is 2.83. The Morgan fingerprint density at radius 1 is 1.28 bits per heavy atom. The van der Waals surface area contributed by atoms with Gasteiger partial charge in [0, 0.05) is 0 Å². The summed E-state index contributed by atoms with van der Waals surface area (Å²) in [5, 5.41) is 8.51. The van der Waals surface area contributed by atoms with Crippen molar-refractivity contribution in [3.8, 4) is 11.5 Å². The maximum absolute atomic E-state index is 11.9. The third kappa shape index (κ3) is 5.42. The second kappa shape index (κ2) is 5.61. The molecule has 4 nitrogen and oxygen atoms in total. The molecule has 0 aliphatic heterocycles. The molecular formula is C11H11F3O4. The van der Waals surface area contributed by atoms with E-state index in [1.807, 2.05) is 0 Å². The van der Waals surface area contributed by atoms with Crippen molar-refractivity contribution in [2.45, 2.75) is 25.8 Å². The molecule has 0 saturated carbocycles. The fraction of sp³-hybridized carbons (Fsp3) is 0.364. The molecule has 1 aromatic carbocycles. The van der Waals surface area contributed by atoms with Crippen molar-refractivity contribution in [2.24, 2.45) is 0 Å². The fourth-order valence-corrected chi connectivity index (χ4v) is 1.24. The van der Waals surface area contributed by atoms with Crippen LogP contribution < -0.4 is 9.47 Å². The van der Waals surface area contributed by atoms with Gasteiger partial charge in [0.15, 0.2) is 0 Å². The van der Waals surface area contributed by atoms with Gasteiger partial charge >= 0.3 is 12.3 Å². The summed E-state index contributed by atoms with van der Waals surface area (Å²) >= 11 is 0. The molecule has 100 valence electrons. The van der Waals surface area contributed by atoms with Crippen LogP contribution in [0.15, 0.2) is 24.3 Å². The van der Waals surface area contributed by atoms with Gasteiger partial charge in [0.25, 0.3) is 0 Å². The number of alkyl halides is 3. The zero-order valence-electron chi connectivity index (χ0n) is 9.40. The van der Waals surface area contributed by atoms with Crippen LogP contribution in [-0.4, -0.2) is 23.5 Å². The molecule has 0 aliphatic carbocycles. The van der Waals surface area contributed by atoms with Crippen LogP contribution in [0.3, 0.4) is 0 Å². The summed E-state index contributed by atoms with van der Waals surface area (Å²) in [4.78, 5) is 10.4.